The molecule has 1 fully saturated rings. The van der Waals surface area contributed by atoms with Crippen LogP contribution < -0.4 is 10.9 Å². The summed E-state index contributed by atoms with van der Waals surface area (Å²) in [6, 6.07) is 19.4. The molecule has 2 aromatic carbocycles. The summed E-state index contributed by atoms with van der Waals surface area (Å²) >= 11 is 0. The molecule has 1 aliphatic rings. The highest BCUT2D eigenvalue weighted by Crippen LogP contribution is 2.25. The van der Waals surface area contributed by atoms with E-state index in [-0.39, 0.29) is 5.63 Å². The van der Waals surface area contributed by atoms with Gasteiger partial charge in [-0.05, 0) is 36.6 Å². The van der Waals surface area contributed by atoms with Gasteiger partial charge in [-0.15, -0.1) is 0 Å². The van der Waals surface area contributed by atoms with Gasteiger partial charge in [0.05, 0.1) is 17.3 Å². The molecule has 29 heavy (non-hydrogen) atoms. The van der Waals surface area contributed by atoms with Gasteiger partial charge in [0, 0.05) is 37.1 Å². The Balaban J connectivity index is 1.38. The lowest BCUT2D eigenvalue weighted by Crippen LogP contribution is -2.39. The van der Waals surface area contributed by atoms with E-state index in [1.807, 2.05) is 18.2 Å². The van der Waals surface area contributed by atoms with Crippen LogP contribution in [0.1, 0.15) is 24.0 Å². The minimum atomic E-state index is -0.381. The van der Waals surface area contributed by atoms with Crippen LogP contribution in [0.2, 0.25) is 0 Å². The largest absolute Gasteiger partial charge is 0.423 e. The van der Waals surface area contributed by atoms with Gasteiger partial charge < -0.3 is 9.73 Å². The fourth-order valence-electron chi connectivity index (χ4n) is 3.73. The zero-order chi connectivity index (χ0) is 20.1. The van der Waals surface area contributed by atoms with E-state index in [0.29, 0.717) is 17.2 Å². The number of nitrogens with one attached hydrogen (secondary N) is 1. The Labute approximate surface area is 169 Å². The number of fused-ring (bicyclic) bond motifs is 1. The average Bonchev–Trinajstić information content (AvgIpc) is 2.75. The quantitative estimate of drug-likeness (QED) is 0.665. The number of nitriles is 1. The fraction of sp³-hybridized carbons (Fsp3) is 0.250. The summed E-state index contributed by atoms with van der Waals surface area (Å²) in [4.78, 5) is 14.3. The molecule has 0 spiro atoms. The molecule has 4 rings (SSSR count). The summed E-state index contributed by atoms with van der Waals surface area (Å²) in [5, 5.41) is 13.4. The van der Waals surface area contributed by atoms with Crippen LogP contribution in [0.15, 0.2) is 69.9 Å². The van der Waals surface area contributed by atoms with E-state index >= 15 is 0 Å². The lowest BCUT2D eigenvalue weighted by atomic mass is 10.0. The van der Waals surface area contributed by atoms with Crippen LogP contribution in [0.4, 0.5) is 5.69 Å². The van der Waals surface area contributed by atoms with Gasteiger partial charge in [0.25, 0.3) is 0 Å². The van der Waals surface area contributed by atoms with Gasteiger partial charge in [0.1, 0.15) is 5.58 Å². The minimum absolute atomic E-state index is 0.292. The Morgan fingerprint density at radius 3 is 2.69 bits per heavy atom. The molecule has 5 nitrogen and oxygen atoms in total. The molecule has 0 atom stereocenters. The van der Waals surface area contributed by atoms with Gasteiger partial charge in [-0.2, -0.15) is 5.26 Å². The number of hydrogen-bond donors (Lipinski definition) is 1. The van der Waals surface area contributed by atoms with Crippen molar-refractivity contribution in [2.75, 3.05) is 25.0 Å². The molecule has 1 saturated heterocycles. The van der Waals surface area contributed by atoms with Crippen molar-refractivity contribution in [2.24, 2.45) is 0 Å². The maximum atomic E-state index is 11.9. The molecule has 0 saturated carbocycles. The number of nitrogens with zero attached hydrogens (tertiary/aromatic N) is 2. The number of piperidine rings is 1. The molecule has 0 radical (unpaired) electrons. The lowest BCUT2D eigenvalue weighted by Gasteiger charge is -2.32. The first-order valence-electron chi connectivity index (χ1n) is 9.90. The second-order valence-corrected chi connectivity index (χ2v) is 7.33. The molecule has 1 aliphatic heterocycles. The van der Waals surface area contributed by atoms with Crippen molar-refractivity contribution in [1.82, 2.24) is 4.90 Å². The van der Waals surface area contributed by atoms with Crippen molar-refractivity contribution in [1.29, 1.82) is 5.26 Å². The van der Waals surface area contributed by atoms with E-state index in [2.05, 4.69) is 40.6 Å². The van der Waals surface area contributed by atoms with E-state index in [0.717, 1.165) is 43.5 Å². The van der Waals surface area contributed by atoms with Crippen molar-refractivity contribution in [3.8, 4) is 6.07 Å². The summed E-state index contributed by atoms with van der Waals surface area (Å²) in [6.07, 6.45) is 6.37. The zero-order valence-corrected chi connectivity index (χ0v) is 16.2. The Bertz CT molecular complexity index is 1100. The number of likely N-dealkylation sites (tertiary alicyclic amines) is 1. The minimum Gasteiger partial charge on any atom is -0.423 e. The normalized spacial score (nSPS) is 15.6. The zero-order valence-electron chi connectivity index (χ0n) is 16.2. The molecule has 5 heteroatoms. The Morgan fingerprint density at radius 2 is 1.93 bits per heavy atom. The highest BCUT2D eigenvalue weighted by Gasteiger charge is 2.19. The van der Waals surface area contributed by atoms with Crippen LogP contribution in [0, 0.1) is 11.3 Å². The predicted octanol–water partition coefficient (Wildman–Crippen LogP) is 4.25. The Morgan fingerprint density at radius 1 is 1.14 bits per heavy atom. The molecule has 0 unspecified atom stereocenters. The summed E-state index contributed by atoms with van der Waals surface area (Å²) in [7, 11) is 0. The van der Waals surface area contributed by atoms with Crippen LogP contribution in [0.25, 0.3) is 17.0 Å². The maximum absolute atomic E-state index is 11.9. The first-order chi connectivity index (χ1) is 14.2. The van der Waals surface area contributed by atoms with Gasteiger partial charge in [-0.3, -0.25) is 4.90 Å². The summed E-state index contributed by atoms with van der Waals surface area (Å²) in [6.45, 7) is 2.93. The molecule has 146 valence electrons. The second-order valence-electron chi connectivity index (χ2n) is 7.33. The SMILES string of the molecule is N#Cc1ccc2oc(=O)cc(NC3CCN(CC=Cc4ccccc4)CC3)c2c1. The molecule has 3 aromatic rings. The molecular formula is C24H23N3O2. The average molecular weight is 385 g/mol. The third-order valence-corrected chi connectivity index (χ3v) is 5.29. The van der Waals surface area contributed by atoms with Gasteiger partial charge in [0.2, 0.25) is 0 Å². The number of anilines is 1. The molecule has 0 aliphatic carbocycles. The smallest absolute Gasteiger partial charge is 0.338 e. The first kappa shape index (κ1) is 19.0. The van der Waals surface area contributed by atoms with Crippen LogP contribution >= 0.6 is 0 Å². The summed E-state index contributed by atoms with van der Waals surface area (Å²) in [5.74, 6) is 0. The van der Waals surface area contributed by atoms with Crippen molar-refractivity contribution in [3.63, 3.8) is 0 Å². The van der Waals surface area contributed by atoms with E-state index < -0.39 is 0 Å². The summed E-state index contributed by atoms with van der Waals surface area (Å²) < 4.78 is 5.27. The standard InChI is InChI=1S/C24H23N3O2/c25-17-19-8-9-23-21(15-19)22(16-24(28)29-23)26-20-10-13-27(14-11-20)12-4-7-18-5-2-1-3-6-18/h1-9,15-16,20,26H,10-14H2. The van der Waals surface area contributed by atoms with Crippen LogP contribution in [0.3, 0.4) is 0 Å². The number of hydrogen-bond acceptors (Lipinski definition) is 5. The van der Waals surface area contributed by atoms with Crippen molar-refractivity contribution in [2.45, 2.75) is 18.9 Å². The third-order valence-electron chi connectivity index (χ3n) is 5.29. The summed E-state index contributed by atoms with van der Waals surface area (Å²) in [5.41, 5.74) is 2.64. The van der Waals surface area contributed by atoms with Gasteiger partial charge in [0.15, 0.2) is 0 Å². The van der Waals surface area contributed by atoms with E-state index in [4.69, 9.17) is 9.68 Å². The molecule has 1 aromatic heterocycles. The van der Waals surface area contributed by atoms with Crippen molar-refractivity contribution in [3.05, 3.63) is 82.2 Å². The monoisotopic (exact) mass is 385 g/mol. The molecule has 0 amide bonds. The molecule has 2 heterocycles. The third kappa shape index (κ3) is 4.74. The van der Waals surface area contributed by atoms with Gasteiger partial charge in [-0.25, -0.2) is 4.79 Å². The molecular weight excluding hydrogens is 362 g/mol. The van der Waals surface area contributed by atoms with E-state index in [9.17, 15) is 4.79 Å². The predicted molar refractivity (Wildman–Crippen MR) is 116 cm³/mol. The van der Waals surface area contributed by atoms with Crippen LogP contribution in [-0.4, -0.2) is 30.6 Å². The highest BCUT2D eigenvalue weighted by molar-refractivity contribution is 5.90. The molecule has 1 N–H and O–H groups in total. The maximum Gasteiger partial charge on any atom is 0.338 e. The topological polar surface area (TPSA) is 69.3 Å². The van der Waals surface area contributed by atoms with Crippen LogP contribution in [0.5, 0.6) is 0 Å². The Hall–Kier alpha value is -3.36. The van der Waals surface area contributed by atoms with Crippen molar-refractivity contribution < 1.29 is 4.42 Å². The lowest BCUT2D eigenvalue weighted by molar-refractivity contribution is 0.240. The second kappa shape index (κ2) is 8.76. The highest BCUT2D eigenvalue weighted by atomic mass is 16.4. The number of benzene rings is 2. The van der Waals surface area contributed by atoms with Gasteiger partial charge in [-0.1, -0.05) is 42.5 Å². The van der Waals surface area contributed by atoms with Crippen LogP contribution in [-0.2, 0) is 0 Å². The van der Waals surface area contributed by atoms with Gasteiger partial charge >= 0.3 is 5.63 Å². The first-order valence-corrected chi connectivity index (χ1v) is 9.90. The number of rotatable bonds is 5. The Kier molecular flexibility index (Phi) is 5.73. The van der Waals surface area contributed by atoms with E-state index in [1.54, 1.807) is 18.2 Å². The van der Waals surface area contributed by atoms with E-state index in [1.165, 1.54) is 11.6 Å². The fourth-order valence-corrected chi connectivity index (χ4v) is 3.73. The van der Waals surface area contributed by atoms with Crippen molar-refractivity contribution >= 4 is 22.7 Å². The molecule has 0 bridgehead atoms.